The SMILES string of the molecule is COc1cccc2c(C(=O)C3[C@H]4C[C@@H](CN4)N3C)nsc12.O=CO. The maximum absolute atomic E-state index is 12.9. The predicted octanol–water partition coefficient (Wildman–Crippen LogP) is 1.23. The van der Waals surface area contributed by atoms with Gasteiger partial charge in [0.2, 0.25) is 5.78 Å². The lowest BCUT2D eigenvalue weighted by Gasteiger charge is -2.30. The third kappa shape index (κ3) is 2.66. The highest BCUT2D eigenvalue weighted by Crippen LogP contribution is 2.35. The number of carbonyl (C=O) groups excluding carboxylic acids is 1. The average molecular weight is 349 g/mol. The minimum Gasteiger partial charge on any atom is -0.495 e. The van der Waals surface area contributed by atoms with Gasteiger partial charge in [-0.1, -0.05) is 12.1 Å². The molecule has 7 nitrogen and oxygen atoms in total. The summed E-state index contributed by atoms with van der Waals surface area (Å²) in [5.41, 5.74) is 0.583. The summed E-state index contributed by atoms with van der Waals surface area (Å²) in [6.45, 7) is 0.733. The lowest BCUT2D eigenvalue weighted by molar-refractivity contribution is -0.122. The van der Waals surface area contributed by atoms with Gasteiger partial charge in [-0.2, -0.15) is 4.37 Å². The highest BCUT2D eigenvalue weighted by molar-refractivity contribution is 7.14. The second-order valence-electron chi connectivity index (χ2n) is 5.85. The summed E-state index contributed by atoms with van der Waals surface area (Å²) >= 11 is 1.34. The van der Waals surface area contributed by atoms with E-state index in [1.807, 2.05) is 25.2 Å². The fraction of sp³-hybridized carbons (Fsp3) is 0.438. The second-order valence-corrected chi connectivity index (χ2v) is 6.63. The molecule has 0 saturated carbocycles. The molecule has 2 bridgehead atoms. The largest absolute Gasteiger partial charge is 0.495 e. The third-order valence-corrected chi connectivity index (χ3v) is 5.60. The van der Waals surface area contributed by atoms with E-state index in [0.29, 0.717) is 11.7 Å². The van der Waals surface area contributed by atoms with Gasteiger partial charge in [0.1, 0.15) is 11.4 Å². The molecule has 2 fully saturated rings. The minimum absolute atomic E-state index is 0.0970. The van der Waals surface area contributed by atoms with Crippen molar-refractivity contribution < 1.29 is 19.4 Å². The molecule has 0 aliphatic carbocycles. The summed E-state index contributed by atoms with van der Waals surface area (Å²) in [5, 5.41) is 11.2. The molecule has 4 rings (SSSR count). The van der Waals surface area contributed by atoms with Gasteiger partial charge in [-0.3, -0.25) is 14.5 Å². The molecule has 3 heterocycles. The number of carbonyl (C=O) groups is 2. The number of Topliss-reactive ketones (excluding diaryl/α,β-unsaturated/α-hetero) is 1. The molecule has 2 aliphatic heterocycles. The van der Waals surface area contributed by atoms with Gasteiger partial charge in [0.25, 0.3) is 6.47 Å². The zero-order valence-corrected chi connectivity index (χ0v) is 14.2. The molecular weight excluding hydrogens is 330 g/mol. The van der Waals surface area contributed by atoms with Crippen LogP contribution in [-0.4, -0.2) is 65.5 Å². The number of likely N-dealkylation sites (tertiary alicyclic amines) is 1. The van der Waals surface area contributed by atoms with Crippen molar-refractivity contribution in [2.75, 3.05) is 20.7 Å². The van der Waals surface area contributed by atoms with E-state index in [0.717, 1.165) is 28.8 Å². The Kier molecular flexibility index (Phi) is 4.79. The number of aromatic nitrogens is 1. The first-order valence-corrected chi connectivity index (χ1v) is 8.39. The van der Waals surface area contributed by atoms with Crippen molar-refractivity contribution >= 4 is 33.9 Å². The highest BCUT2D eigenvalue weighted by atomic mass is 32.1. The number of benzene rings is 1. The topological polar surface area (TPSA) is 91.8 Å². The number of piperazine rings is 1. The molecule has 24 heavy (non-hydrogen) atoms. The number of nitrogens with zero attached hydrogens (tertiary/aromatic N) is 2. The zero-order chi connectivity index (χ0) is 17.3. The van der Waals surface area contributed by atoms with E-state index in [1.165, 1.54) is 11.5 Å². The van der Waals surface area contributed by atoms with Crippen LogP contribution < -0.4 is 10.1 Å². The summed E-state index contributed by atoms with van der Waals surface area (Å²) in [5.74, 6) is 0.903. The zero-order valence-electron chi connectivity index (χ0n) is 13.4. The fourth-order valence-corrected chi connectivity index (χ4v) is 4.47. The fourth-order valence-electron chi connectivity index (χ4n) is 3.59. The normalized spacial score (nSPS) is 25.3. The van der Waals surface area contributed by atoms with Gasteiger partial charge in [-0.15, -0.1) is 0 Å². The monoisotopic (exact) mass is 349 g/mol. The Bertz CT molecular complexity index is 761. The summed E-state index contributed by atoms with van der Waals surface area (Å²) in [6, 6.07) is 6.41. The highest BCUT2D eigenvalue weighted by Gasteiger charge is 2.48. The molecule has 0 spiro atoms. The maximum atomic E-state index is 12.9. The Hall–Kier alpha value is -2.03. The molecule has 2 aromatic rings. The lowest BCUT2D eigenvalue weighted by Crippen LogP contribution is -2.53. The van der Waals surface area contributed by atoms with Crippen LogP contribution in [0.2, 0.25) is 0 Å². The molecule has 128 valence electrons. The van der Waals surface area contributed by atoms with E-state index >= 15 is 0 Å². The van der Waals surface area contributed by atoms with Crippen LogP contribution in [0.1, 0.15) is 16.9 Å². The first-order valence-electron chi connectivity index (χ1n) is 7.62. The van der Waals surface area contributed by atoms with Crippen LogP contribution in [0.3, 0.4) is 0 Å². The third-order valence-electron chi connectivity index (χ3n) is 4.72. The van der Waals surface area contributed by atoms with Crippen molar-refractivity contribution in [2.45, 2.75) is 24.5 Å². The standard InChI is InChI=1S/C15H17N3O2S.CH2O2/c1-18-8-6-10(16-7-8)13(18)14(19)12-9-4-3-5-11(20-2)15(9)21-17-12;2-1-3/h3-5,8,10,13,16H,6-7H2,1-2H3;1H,(H,2,3)/t8-,10+,13?;/m0./s1. The number of likely N-dealkylation sites (N-methyl/N-ethyl adjacent to an activating group) is 1. The van der Waals surface area contributed by atoms with E-state index in [4.69, 9.17) is 14.6 Å². The predicted molar refractivity (Wildman–Crippen MR) is 90.9 cm³/mol. The smallest absolute Gasteiger partial charge is 0.290 e. The lowest BCUT2D eigenvalue weighted by atomic mass is 10.0. The van der Waals surface area contributed by atoms with Crippen LogP contribution in [-0.2, 0) is 4.79 Å². The number of hydrogen-bond acceptors (Lipinski definition) is 7. The van der Waals surface area contributed by atoms with Crippen molar-refractivity contribution in [2.24, 2.45) is 0 Å². The van der Waals surface area contributed by atoms with Crippen molar-refractivity contribution in [3.8, 4) is 5.75 Å². The van der Waals surface area contributed by atoms with Crippen LogP contribution >= 0.6 is 11.5 Å². The molecule has 0 amide bonds. The molecule has 2 N–H and O–H groups in total. The molecule has 2 aliphatic rings. The Morgan fingerprint density at radius 1 is 1.54 bits per heavy atom. The van der Waals surface area contributed by atoms with Crippen molar-refractivity contribution in [1.29, 1.82) is 0 Å². The number of ether oxygens (including phenoxy) is 1. The number of hydrogen-bond donors (Lipinski definition) is 2. The number of fused-ring (bicyclic) bond motifs is 3. The van der Waals surface area contributed by atoms with Crippen LogP contribution in [0.5, 0.6) is 5.75 Å². The van der Waals surface area contributed by atoms with E-state index in [-0.39, 0.29) is 24.3 Å². The molecule has 2 saturated heterocycles. The Morgan fingerprint density at radius 3 is 2.92 bits per heavy atom. The number of carboxylic acid groups (broad SMARTS) is 1. The average Bonchev–Trinajstić information content (AvgIpc) is 3.28. The molecule has 3 atom stereocenters. The van der Waals surface area contributed by atoms with Gasteiger partial charge in [0.05, 0.1) is 17.9 Å². The summed E-state index contributed by atoms with van der Waals surface area (Å²) in [6.07, 6.45) is 1.05. The van der Waals surface area contributed by atoms with Crippen LogP contribution in [0.4, 0.5) is 0 Å². The van der Waals surface area contributed by atoms with Crippen molar-refractivity contribution in [1.82, 2.24) is 14.6 Å². The van der Waals surface area contributed by atoms with Gasteiger partial charge < -0.3 is 15.2 Å². The van der Waals surface area contributed by atoms with Gasteiger partial charge in [-0.05, 0) is 31.1 Å². The van der Waals surface area contributed by atoms with E-state index in [9.17, 15) is 4.79 Å². The molecule has 8 heteroatoms. The molecule has 1 aromatic carbocycles. The Morgan fingerprint density at radius 2 is 2.29 bits per heavy atom. The molecule has 1 unspecified atom stereocenters. The van der Waals surface area contributed by atoms with E-state index in [2.05, 4.69) is 14.6 Å². The summed E-state index contributed by atoms with van der Waals surface area (Å²) in [7, 11) is 3.69. The summed E-state index contributed by atoms with van der Waals surface area (Å²) in [4.78, 5) is 23.5. The van der Waals surface area contributed by atoms with Crippen LogP contribution in [0.25, 0.3) is 10.1 Å². The number of ketones is 1. The second kappa shape index (κ2) is 6.84. The Labute approximate surface area is 143 Å². The number of methoxy groups -OCH3 is 1. The van der Waals surface area contributed by atoms with E-state index in [1.54, 1.807) is 7.11 Å². The molecular formula is C16H19N3O4S. The van der Waals surface area contributed by atoms with Crippen LogP contribution in [0.15, 0.2) is 18.2 Å². The first-order chi connectivity index (χ1) is 11.6. The Balaban J connectivity index is 0.000000526. The van der Waals surface area contributed by atoms with Gasteiger partial charge >= 0.3 is 0 Å². The van der Waals surface area contributed by atoms with E-state index < -0.39 is 0 Å². The molecule has 1 aromatic heterocycles. The van der Waals surface area contributed by atoms with Gasteiger partial charge in [0, 0.05) is 24.0 Å². The number of nitrogens with one attached hydrogen (secondary N) is 1. The van der Waals surface area contributed by atoms with Crippen molar-refractivity contribution in [3.63, 3.8) is 0 Å². The van der Waals surface area contributed by atoms with Crippen LogP contribution in [0, 0.1) is 0 Å². The minimum atomic E-state index is -0.250. The summed E-state index contributed by atoms with van der Waals surface area (Å²) < 4.78 is 10.7. The molecule has 0 radical (unpaired) electrons. The maximum Gasteiger partial charge on any atom is 0.290 e. The first kappa shape index (κ1) is 16.8. The number of rotatable bonds is 3. The van der Waals surface area contributed by atoms with Crippen molar-refractivity contribution in [3.05, 3.63) is 23.9 Å². The van der Waals surface area contributed by atoms with Gasteiger partial charge in [0.15, 0.2) is 0 Å². The quantitative estimate of drug-likeness (QED) is 0.636. The van der Waals surface area contributed by atoms with Gasteiger partial charge in [-0.25, -0.2) is 0 Å².